The summed E-state index contributed by atoms with van der Waals surface area (Å²) >= 11 is 0. The summed E-state index contributed by atoms with van der Waals surface area (Å²) in [7, 11) is 1.83. The molecule has 0 spiro atoms. The van der Waals surface area contributed by atoms with E-state index in [0.717, 1.165) is 16.5 Å². The van der Waals surface area contributed by atoms with Gasteiger partial charge in [0.1, 0.15) is 0 Å². The summed E-state index contributed by atoms with van der Waals surface area (Å²) in [4.78, 5) is 12.4. The Kier molecular flexibility index (Phi) is 4.10. The van der Waals surface area contributed by atoms with Crippen molar-refractivity contribution in [2.75, 3.05) is 0 Å². The van der Waals surface area contributed by atoms with Crippen molar-refractivity contribution in [3.05, 3.63) is 76.1 Å². The van der Waals surface area contributed by atoms with E-state index in [1.807, 2.05) is 56.5 Å². The average molecular weight is 291 g/mol. The maximum absolute atomic E-state index is 12.4. The number of aromatic nitrogens is 1. The number of pyridine rings is 1. The first-order valence-corrected chi connectivity index (χ1v) is 7.80. The SMILES string of the molecule is C\C=C/C(=C\C=C\c1cc2ccccc2n(C)c1=O)C1CC1. The second kappa shape index (κ2) is 6.18. The summed E-state index contributed by atoms with van der Waals surface area (Å²) in [6.07, 6.45) is 12.9. The quantitative estimate of drug-likeness (QED) is 0.762. The van der Waals surface area contributed by atoms with Crippen LogP contribution >= 0.6 is 0 Å². The lowest BCUT2D eigenvalue weighted by Crippen LogP contribution is -2.19. The van der Waals surface area contributed by atoms with Gasteiger partial charge in [-0.3, -0.25) is 4.79 Å². The number of aryl methyl sites for hydroxylation is 1. The molecule has 1 fully saturated rings. The summed E-state index contributed by atoms with van der Waals surface area (Å²) in [5, 5.41) is 1.09. The molecule has 1 aromatic heterocycles. The second-order valence-corrected chi connectivity index (χ2v) is 5.82. The molecule has 0 atom stereocenters. The number of para-hydroxylation sites is 1. The molecule has 1 aliphatic carbocycles. The zero-order valence-corrected chi connectivity index (χ0v) is 13.1. The van der Waals surface area contributed by atoms with Gasteiger partial charge in [0.05, 0.1) is 5.52 Å². The first-order valence-electron chi connectivity index (χ1n) is 7.80. The van der Waals surface area contributed by atoms with Crippen LogP contribution in [0.2, 0.25) is 0 Å². The first kappa shape index (κ1) is 14.6. The van der Waals surface area contributed by atoms with Crippen LogP contribution in [0.1, 0.15) is 25.3 Å². The molecule has 0 N–H and O–H groups in total. The minimum atomic E-state index is 0.0438. The predicted molar refractivity (Wildman–Crippen MR) is 93.8 cm³/mol. The Morgan fingerprint density at radius 2 is 2.05 bits per heavy atom. The minimum Gasteiger partial charge on any atom is -0.311 e. The van der Waals surface area contributed by atoms with Gasteiger partial charge in [-0.1, -0.05) is 42.5 Å². The third-order valence-corrected chi connectivity index (χ3v) is 4.13. The molecule has 0 amide bonds. The molecule has 1 saturated carbocycles. The van der Waals surface area contributed by atoms with Crippen molar-refractivity contribution in [2.24, 2.45) is 13.0 Å². The van der Waals surface area contributed by atoms with Gasteiger partial charge in [0.25, 0.3) is 5.56 Å². The van der Waals surface area contributed by atoms with Crippen LogP contribution in [0, 0.1) is 5.92 Å². The summed E-state index contributed by atoms with van der Waals surface area (Å²) in [6.45, 7) is 2.04. The highest BCUT2D eigenvalue weighted by Crippen LogP contribution is 2.37. The van der Waals surface area contributed by atoms with Crippen molar-refractivity contribution in [3.63, 3.8) is 0 Å². The molecule has 2 nitrogen and oxygen atoms in total. The van der Waals surface area contributed by atoms with E-state index in [-0.39, 0.29) is 5.56 Å². The first-order chi connectivity index (χ1) is 10.7. The standard InChI is InChI=1S/C20H21NO/c1-3-7-15(16-12-13-16)9-6-10-18-14-17-8-4-5-11-19(17)21(2)20(18)22/h3-11,14,16H,12-13H2,1-2H3/b7-3-,10-6+,15-9+. The Morgan fingerprint density at radius 3 is 2.77 bits per heavy atom. The number of hydrogen-bond donors (Lipinski definition) is 0. The monoisotopic (exact) mass is 291 g/mol. The molecule has 1 aromatic carbocycles. The highest BCUT2D eigenvalue weighted by atomic mass is 16.1. The van der Waals surface area contributed by atoms with Crippen molar-refractivity contribution >= 4 is 17.0 Å². The highest BCUT2D eigenvalue weighted by Gasteiger charge is 2.23. The Bertz CT molecular complexity index is 832. The van der Waals surface area contributed by atoms with E-state index in [1.165, 1.54) is 18.4 Å². The predicted octanol–water partition coefficient (Wildman–Crippen LogP) is 4.46. The van der Waals surface area contributed by atoms with Gasteiger partial charge in [-0.05, 0) is 54.9 Å². The van der Waals surface area contributed by atoms with Gasteiger partial charge in [-0.2, -0.15) is 0 Å². The van der Waals surface area contributed by atoms with E-state index >= 15 is 0 Å². The summed E-state index contributed by atoms with van der Waals surface area (Å²) in [5.74, 6) is 0.709. The molecular weight excluding hydrogens is 270 g/mol. The smallest absolute Gasteiger partial charge is 0.258 e. The maximum atomic E-state index is 12.4. The molecule has 2 heteroatoms. The Balaban J connectivity index is 1.96. The van der Waals surface area contributed by atoms with Gasteiger partial charge >= 0.3 is 0 Å². The van der Waals surface area contributed by atoms with Crippen LogP contribution in [0.3, 0.4) is 0 Å². The van der Waals surface area contributed by atoms with E-state index in [2.05, 4.69) is 18.2 Å². The largest absolute Gasteiger partial charge is 0.311 e. The fraction of sp³-hybridized carbons (Fsp3) is 0.250. The molecule has 0 bridgehead atoms. The molecule has 0 unspecified atom stereocenters. The maximum Gasteiger partial charge on any atom is 0.258 e. The van der Waals surface area contributed by atoms with E-state index in [0.29, 0.717) is 5.92 Å². The Morgan fingerprint density at radius 1 is 1.27 bits per heavy atom. The highest BCUT2D eigenvalue weighted by molar-refractivity contribution is 5.81. The summed E-state index contributed by atoms with van der Waals surface area (Å²) < 4.78 is 1.71. The van der Waals surface area contributed by atoms with Gasteiger partial charge < -0.3 is 4.57 Å². The van der Waals surface area contributed by atoms with Crippen LogP contribution in [-0.4, -0.2) is 4.57 Å². The molecule has 22 heavy (non-hydrogen) atoms. The number of benzene rings is 1. The van der Waals surface area contributed by atoms with E-state index in [1.54, 1.807) is 4.57 Å². The molecule has 112 valence electrons. The van der Waals surface area contributed by atoms with Crippen LogP contribution in [-0.2, 0) is 7.05 Å². The van der Waals surface area contributed by atoms with Crippen molar-refractivity contribution < 1.29 is 0 Å². The molecule has 1 heterocycles. The van der Waals surface area contributed by atoms with Gasteiger partial charge in [0.2, 0.25) is 0 Å². The third-order valence-electron chi connectivity index (χ3n) is 4.13. The number of nitrogens with zero attached hydrogens (tertiary/aromatic N) is 1. The molecule has 2 aromatic rings. The lowest BCUT2D eigenvalue weighted by molar-refractivity contribution is 0.903. The van der Waals surface area contributed by atoms with Crippen LogP contribution in [0.25, 0.3) is 17.0 Å². The number of fused-ring (bicyclic) bond motifs is 1. The van der Waals surface area contributed by atoms with Crippen LogP contribution < -0.4 is 5.56 Å². The lowest BCUT2D eigenvalue weighted by atomic mass is 10.1. The molecule has 1 aliphatic rings. The van der Waals surface area contributed by atoms with E-state index < -0.39 is 0 Å². The van der Waals surface area contributed by atoms with E-state index in [4.69, 9.17) is 0 Å². The fourth-order valence-corrected chi connectivity index (χ4v) is 2.77. The van der Waals surface area contributed by atoms with Gasteiger partial charge in [0, 0.05) is 12.6 Å². The number of hydrogen-bond acceptors (Lipinski definition) is 1. The normalized spacial score (nSPS) is 16.2. The van der Waals surface area contributed by atoms with Gasteiger partial charge in [-0.25, -0.2) is 0 Å². The van der Waals surface area contributed by atoms with Crippen LogP contribution in [0.4, 0.5) is 0 Å². The van der Waals surface area contributed by atoms with Crippen molar-refractivity contribution in [1.82, 2.24) is 4.57 Å². The number of rotatable bonds is 4. The lowest BCUT2D eigenvalue weighted by Gasteiger charge is -2.06. The van der Waals surface area contributed by atoms with Crippen LogP contribution in [0.15, 0.2) is 65.0 Å². The zero-order chi connectivity index (χ0) is 15.5. The van der Waals surface area contributed by atoms with Gasteiger partial charge in [0.15, 0.2) is 0 Å². The topological polar surface area (TPSA) is 22.0 Å². The molecule has 0 saturated heterocycles. The van der Waals surface area contributed by atoms with Crippen molar-refractivity contribution in [2.45, 2.75) is 19.8 Å². The average Bonchev–Trinajstić information content (AvgIpc) is 3.36. The van der Waals surface area contributed by atoms with Gasteiger partial charge in [-0.15, -0.1) is 0 Å². The fourth-order valence-electron chi connectivity index (χ4n) is 2.77. The number of allylic oxidation sites excluding steroid dienone is 5. The molecule has 0 aliphatic heterocycles. The zero-order valence-electron chi connectivity index (χ0n) is 13.1. The van der Waals surface area contributed by atoms with Crippen molar-refractivity contribution in [3.8, 4) is 0 Å². The third kappa shape index (κ3) is 2.96. The van der Waals surface area contributed by atoms with Crippen LogP contribution in [0.5, 0.6) is 0 Å². The summed E-state index contributed by atoms with van der Waals surface area (Å²) in [5.41, 5.74) is 3.10. The molecule has 0 radical (unpaired) electrons. The Labute approximate surface area is 131 Å². The summed E-state index contributed by atoms with van der Waals surface area (Å²) in [6, 6.07) is 9.93. The second-order valence-electron chi connectivity index (χ2n) is 5.82. The molecule has 3 rings (SSSR count). The van der Waals surface area contributed by atoms with E-state index in [9.17, 15) is 4.79 Å². The minimum absolute atomic E-state index is 0.0438. The Hall–Kier alpha value is -2.35. The van der Waals surface area contributed by atoms with Crippen molar-refractivity contribution in [1.29, 1.82) is 0 Å². The molecular formula is C20H21NO.